The van der Waals surface area contributed by atoms with Gasteiger partial charge in [0, 0.05) is 11.4 Å². The molecular formula is C14H12BrNO2S. The fourth-order valence-corrected chi connectivity index (χ4v) is 3.89. The highest BCUT2D eigenvalue weighted by molar-refractivity contribution is 9.11. The number of methoxy groups -OCH3 is 1. The van der Waals surface area contributed by atoms with Crippen molar-refractivity contribution in [3.8, 4) is 5.75 Å². The number of hydrogen-bond donors (Lipinski definition) is 0. The minimum Gasteiger partial charge on any atom is -0.497 e. The first-order chi connectivity index (χ1) is 9.17. The summed E-state index contributed by atoms with van der Waals surface area (Å²) >= 11 is 5.06. The Kier molecular flexibility index (Phi) is 3.33. The number of hydrogen-bond acceptors (Lipinski definition) is 3. The predicted molar refractivity (Wildman–Crippen MR) is 78.6 cm³/mol. The zero-order chi connectivity index (χ0) is 13.4. The van der Waals surface area contributed by atoms with Crippen LogP contribution >= 0.6 is 27.3 Å². The van der Waals surface area contributed by atoms with Crippen LogP contribution in [0, 0.1) is 0 Å². The quantitative estimate of drug-likeness (QED) is 0.855. The molecule has 2 heterocycles. The summed E-state index contributed by atoms with van der Waals surface area (Å²) < 4.78 is 6.15. The van der Waals surface area contributed by atoms with E-state index < -0.39 is 0 Å². The molecule has 5 heteroatoms. The molecule has 1 aromatic carbocycles. The number of amides is 1. The third-order valence-corrected chi connectivity index (χ3v) is 4.79. The Labute approximate surface area is 123 Å². The highest BCUT2D eigenvalue weighted by Gasteiger charge is 2.29. The lowest BCUT2D eigenvalue weighted by Gasteiger charge is -2.16. The average Bonchev–Trinajstić information content (AvgIpc) is 2.90. The van der Waals surface area contributed by atoms with Gasteiger partial charge in [0.1, 0.15) is 5.75 Å². The second kappa shape index (κ2) is 4.98. The van der Waals surface area contributed by atoms with E-state index in [4.69, 9.17) is 4.74 Å². The number of nitrogens with zero attached hydrogens (tertiary/aromatic N) is 1. The van der Waals surface area contributed by atoms with Crippen LogP contribution < -0.4 is 4.74 Å². The van der Waals surface area contributed by atoms with Crippen molar-refractivity contribution in [2.45, 2.75) is 13.1 Å². The van der Waals surface area contributed by atoms with Gasteiger partial charge in [-0.05, 0) is 39.7 Å². The predicted octanol–water partition coefficient (Wildman–Crippen LogP) is 3.68. The summed E-state index contributed by atoms with van der Waals surface area (Å²) in [6, 6.07) is 9.74. The Morgan fingerprint density at radius 2 is 2.11 bits per heavy atom. The lowest BCUT2D eigenvalue weighted by molar-refractivity contribution is 0.0767. The maximum Gasteiger partial charge on any atom is 0.255 e. The molecule has 1 aliphatic heterocycles. The Balaban J connectivity index is 1.75. The number of benzene rings is 1. The van der Waals surface area contributed by atoms with E-state index in [0.29, 0.717) is 13.1 Å². The van der Waals surface area contributed by atoms with E-state index in [2.05, 4.69) is 15.9 Å². The smallest absolute Gasteiger partial charge is 0.255 e. The summed E-state index contributed by atoms with van der Waals surface area (Å²) in [5.41, 5.74) is 1.95. The molecule has 0 fully saturated rings. The van der Waals surface area contributed by atoms with Gasteiger partial charge < -0.3 is 9.64 Å². The number of rotatable bonds is 3. The van der Waals surface area contributed by atoms with E-state index in [1.165, 1.54) is 0 Å². The van der Waals surface area contributed by atoms with E-state index in [-0.39, 0.29) is 5.91 Å². The second-order valence-corrected chi connectivity index (χ2v) is 6.91. The van der Waals surface area contributed by atoms with Gasteiger partial charge in [-0.25, -0.2) is 0 Å². The van der Waals surface area contributed by atoms with Crippen LogP contribution in [0.5, 0.6) is 5.75 Å². The Morgan fingerprint density at radius 1 is 1.37 bits per heavy atom. The first-order valence-corrected chi connectivity index (χ1v) is 7.49. The maximum atomic E-state index is 12.2. The molecule has 2 aromatic rings. The zero-order valence-electron chi connectivity index (χ0n) is 10.4. The topological polar surface area (TPSA) is 29.5 Å². The molecule has 0 atom stereocenters. The van der Waals surface area contributed by atoms with Crippen molar-refractivity contribution in [1.29, 1.82) is 0 Å². The first kappa shape index (κ1) is 12.7. The van der Waals surface area contributed by atoms with Crippen molar-refractivity contribution in [2.75, 3.05) is 7.11 Å². The first-order valence-electron chi connectivity index (χ1n) is 5.88. The molecule has 1 amide bonds. The number of carbonyl (C=O) groups excluding carboxylic acids is 1. The summed E-state index contributed by atoms with van der Waals surface area (Å²) in [4.78, 5) is 15.2. The fourth-order valence-electron chi connectivity index (χ4n) is 2.19. The van der Waals surface area contributed by atoms with Crippen LogP contribution in [0.25, 0.3) is 0 Å². The molecule has 0 unspecified atom stereocenters. The summed E-state index contributed by atoms with van der Waals surface area (Å²) in [5.74, 6) is 0.951. The van der Waals surface area contributed by atoms with Crippen molar-refractivity contribution in [3.63, 3.8) is 0 Å². The molecule has 3 nitrogen and oxygen atoms in total. The summed E-state index contributed by atoms with van der Waals surface area (Å²) in [5, 5.41) is 0. The van der Waals surface area contributed by atoms with Crippen molar-refractivity contribution < 1.29 is 9.53 Å². The Hall–Kier alpha value is -1.33. The van der Waals surface area contributed by atoms with Crippen LogP contribution in [-0.2, 0) is 13.1 Å². The largest absolute Gasteiger partial charge is 0.497 e. The van der Waals surface area contributed by atoms with Crippen LogP contribution in [0.2, 0.25) is 0 Å². The summed E-state index contributed by atoms with van der Waals surface area (Å²) in [6.07, 6.45) is 0. The molecule has 0 N–H and O–H groups in total. The van der Waals surface area contributed by atoms with Crippen LogP contribution in [0.4, 0.5) is 0 Å². The molecule has 19 heavy (non-hydrogen) atoms. The summed E-state index contributed by atoms with van der Waals surface area (Å²) in [6.45, 7) is 1.35. The van der Waals surface area contributed by atoms with E-state index in [9.17, 15) is 4.79 Å². The molecule has 0 saturated heterocycles. The van der Waals surface area contributed by atoms with E-state index in [1.54, 1.807) is 18.4 Å². The number of halogens is 1. The van der Waals surface area contributed by atoms with Gasteiger partial charge in [-0.15, -0.1) is 11.3 Å². The third kappa shape index (κ3) is 2.40. The third-order valence-electron chi connectivity index (χ3n) is 3.16. The SMILES string of the molecule is COc1ccc(CN2Cc3sc(Br)cc3C2=O)cc1. The number of ether oxygens (including phenoxy) is 1. The number of carbonyl (C=O) groups is 1. The fraction of sp³-hybridized carbons (Fsp3) is 0.214. The lowest BCUT2D eigenvalue weighted by atomic mass is 10.2. The monoisotopic (exact) mass is 337 g/mol. The van der Waals surface area contributed by atoms with Crippen molar-refractivity contribution in [3.05, 3.63) is 50.1 Å². The lowest BCUT2D eigenvalue weighted by Crippen LogP contribution is -2.23. The van der Waals surface area contributed by atoms with E-state index in [0.717, 1.165) is 25.5 Å². The molecule has 1 aliphatic rings. The standard InChI is InChI=1S/C14H12BrNO2S/c1-18-10-4-2-9(3-5-10)7-16-8-12-11(14(16)17)6-13(15)19-12/h2-6H,7-8H2,1H3. The van der Waals surface area contributed by atoms with Crippen molar-refractivity contribution >= 4 is 33.2 Å². The van der Waals surface area contributed by atoms with Crippen LogP contribution in [-0.4, -0.2) is 17.9 Å². The molecular weight excluding hydrogens is 326 g/mol. The van der Waals surface area contributed by atoms with E-state index >= 15 is 0 Å². The molecule has 0 radical (unpaired) electrons. The van der Waals surface area contributed by atoms with Gasteiger partial charge in [-0.3, -0.25) is 4.79 Å². The van der Waals surface area contributed by atoms with E-state index in [1.807, 2.05) is 35.2 Å². The minimum atomic E-state index is 0.118. The molecule has 1 aromatic heterocycles. The average molecular weight is 338 g/mol. The Bertz CT molecular complexity index is 621. The number of fused-ring (bicyclic) bond motifs is 1. The molecule has 0 spiro atoms. The van der Waals surface area contributed by atoms with Gasteiger partial charge in [0.2, 0.25) is 0 Å². The van der Waals surface area contributed by atoms with Crippen molar-refractivity contribution in [1.82, 2.24) is 4.90 Å². The van der Waals surface area contributed by atoms with Crippen LogP contribution in [0.15, 0.2) is 34.1 Å². The van der Waals surface area contributed by atoms with Gasteiger partial charge in [0.15, 0.2) is 0 Å². The zero-order valence-corrected chi connectivity index (χ0v) is 12.8. The molecule has 98 valence electrons. The van der Waals surface area contributed by atoms with Crippen molar-refractivity contribution in [2.24, 2.45) is 0 Å². The van der Waals surface area contributed by atoms with Gasteiger partial charge >= 0.3 is 0 Å². The molecule has 0 bridgehead atoms. The van der Waals surface area contributed by atoms with Gasteiger partial charge in [0.05, 0.1) is 23.0 Å². The molecule has 0 saturated carbocycles. The van der Waals surface area contributed by atoms with Gasteiger partial charge in [-0.1, -0.05) is 12.1 Å². The maximum absolute atomic E-state index is 12.2. The van der Waals surface area contributed by atoms with Crippen LogP contribution in [0.1, 0.15) is 20.8 Å². The summed E-state index contributed by atoms with van der Waals surface area (Å²) in [7, 11) is 1.65. The number of thiophene rings is 1. The highest BCUT2D eigenvalue weighted by Crippen LogP contribution is 2.34. The minimum absolute atomic E-state index is 0.118. The molecule has 0 aliphatic carbocycles. The second-order valence-electron chi connectivity index (χ2n) is 4.40. The normalized spacial score (nSPS) is 13.8. The Morgan fingerprint density at radius 3 is 2.74 bits per heavy atom. The highest BCUT2D eigenvalue weighted by atomic mass is 79.9. The molecule has 3 rings (SSSR count). The van der Waals surface area contributed by atoms with Gasteiger partial charge in [-0.2, -0.15) is 0 Å². The van der Waals surface area contributed by atoms with Crippen LogP contribution in [0.3, 0.4) is 0 Å². The van der Waals surface area contributed by atoms with Gasteiger partial charge in [0.25, 0.3) is 5.91 Å².